The first kappa shape index (κ1) is 14.3. The third-order valence-electron chi connectivity index (χ3n) is 4.42. The van der Waals surface area contributed by atoms with Crippen LogP contribution >= 0.6 is 0 Å². The van der Waals surface area contributed by atoms with Crippen LogP contribution in [-0.4, -0.2) is 17.8 Å². The zero-order valence-electron chi connectivity index (χ0n) is 11.5. The Morgan fingerprint density at radius 3 is 2.09 bits per heavy atom. The number of carboxylic acids is 2. The number of carboxylic acid groups (broad SMARTS) is 2. The smallest absolute Gasteiger partial charge is 0.228 e. The van der Waals surface area contributed by atoms with Gasteiger partial charge in [0.25, 0.3) is 0 Å². The number of aromatic carboxylic acids is 1. The third kappa shape index (κ3) is 2.36. The van der Waals surface area contributed by atoms with E-state index in [1.165, 1.54) is 24.3 Å². The Kier molecular flexibility index (Phi) is 3.44. The van der Waals surface area contributed by atoms with Crippen molar-refractivity contribution in [2.75, 3.05) is 5.32 Å². The molecule has 2 aliphatic rings. The molecule has 0 spiro atoms. The van der Waals surface area contributed by atoms with E-state index in [9.17, 15) is 24.6 Å². The van der Waals surface area contributed by atoms with E-state index in [1.54, 1.807) is 0 Å². The minimum atomic E-state index is -1.30. The summed E-state index contributed by atoms with van der Waals surface area (Å²) in [7, 11) is 0. The zero-order valence-corrected chi connectivity index (χ0v) is 11.5. The molecule has 1 fully saturated rings. The van der Waals surface area contributed by atoms with Crippen LogP contribution < -0.4 is 15.5 Å². The van der Waals surface area contributed by atoms with Crippen LogP contribution in [0.4, 0.5) is 5.69 Å². The Labute approximate surface area is 126 Å². The molecule has 114 valence electrons. The highest BCUT2D eigenvalue weighted by molar-refractivity contribution is 5.96. The molecule has 2 aliphatic carbocycles. The summed E-state index contributed by atoms with van der Waals surface area (Å²) < 4.78 is 0. The van der Waals surface area contributed by atoms with Crippen molar-refractivity contribution < 1.29 is 24.6 Å². The number of carbonyl (C=O) groups excluding carboxylic acids is 3. The summed E-state index contributed by atoms with van der Waals surface area (Å²) in [5, 5.41) is 24.6. The molecule has 1 saturated carbocycles. The van der Waals surface area contributed by atoms with E-state index < -0.39 is 23.8 Å². The summed E-state index contributed by atoms with van der Waals surface area (Å²) in [4.78, 5) is 34.3. The van der Waals surface area contributed by atoms with E-state index in [4.69, 9.17) is 0 Å². The van der Waals surface area contributed by atoms with Gasteiger partial charge >= 0.3 is 0 Å². The van der Waals surface area contributed by atoms with Crippen LogP contribution in [0.1, 0.15) is 16.8 Å². The number of allylic oxidation sites excluding steroid dienone is 2. The largest absolute Gasteiger partial charge is 0.550 e. The number of anilines is 1. The highest BCUT2D eigenvalue weighted by atomic mass is 16.4. The molecule has 6 heteroatoms. The van der Waals surface area contributed by atoms with Gasteiger partial charge in [-0.2, -0.15) is 0 Å². The minimum Gasteiger partial charge on any atom is -0.550 e. The first-order valence-corrected chi connectivity index (χ1v) is 6.99. The average molecular weight is 299 g/mol. The first-order valence-electron chi connectivity index (χ1n) is 6.99. The van der Waals surface area contributed by atoms with Gasteiger partial charge < -0.3 is 25.1 Å². The Hall–Kier alpha value is -2.63. The molecule has 1 amide bonds. The lowest BCUT2D eigenvalue weighted by atomic mass is 9.82. The summed E-state index contributed by atoms with van der Waals surface area (Å²) in [5.74, 6) is -4.58. The standard InChI is InChI=1S/C16H15NO5/c18-14(17-11-5-3-8(4-6-11)15(19)20)12-9-1-2-10(7-9)13(12)16(21)22/h1-6,9-10,12-13H,7H2,(H,17,18)(H,19,20)(H,21,22)/p-2/t9-,10+,12-,13+/m1/s1. The van der Waals surface area contributed by atoms with Crippen molar-refractivity contribution in [3.8, 4) is 0 Å². The second-order valence-electron chi connectivity index (χ2n) is 5.67. The monoisotopic (exact) mass is 299 g/mol. The summed E-state index contributed by atoms with van der Waals surface area (Å²) in [6, 6.07) is 5.53. The van der Waals surface area contributed by atoms with Crippen molar-refractivity contribution in [1.29, 1.82) is 0 Å². The summed E-state index contributed by atoms with van der Waals surface area (Å²) in [6.45, 7) is 0. The maximum atomic E-state index is 12.4. The Morgan fingerprint density at radius 2 is 1.55 bits per heavy atom. The number of nitrogens with one attached hydrogen (secondary N) is 1. The van der Waals surface area contributed by atoms with Crippen molar-refractivity contribution in [2.45, 2.75) is 6.42 Å². The van der Waals surface area contributed by atoms with Gasteiger partial charge in [-0.05, 0) is 36.0 Å². The molecule has 4 atom stereocenters. The lowest BCUT2D eigenvalue weighted by Crippen LogP contribution is -2.42. The van der Waals surface area contributed by atoms with E-state index >= 15 is 0 Å². The SMILES string of the molecule is O=C([O-])c1ccc(NC(=O)[C@H]2[C@@H](C(=O)[O-])[C@H]3C=C[C@@H]2C3)cc1. The second kappa shape index (κ2) is 5.29. The minimum absolute atomic E-state index is 0.00784. The zero-order chi connectivity index (χ0) is 15.9. The van der Waals surface area contributed by atoms with Gasteiger partial charge in [-0.25, -0.2) is 0 Å². The van der Waals surface area contributed by atoms with Crippen LogP contribution in [-0.2, 0) is 9.59 Å². The fourth-order valence-corrected chi connectivity index (χ4v) is 3.42. The number of rotatable bonds is 4. The van der Waals surface area contributed by atoms with Crippen molar-refractivity contribution in [1.82, 2.24) is 0 Å². The molecule has 0 heterocycles. The molecule has 1 aromatic carbocycles. The van der Waals surface area contributed by atoms with Gasteiger partial charge in [-0.1, -0.05) is 24.3 Å². The molecule has 0 aromatic heterocycles. The van der Waals surface area contributed by atoms with Gasteiger partial charge in [0.1, 0.15) is 0 Å². The number of fused-ring (bicyclic) bond motifs is 2. The van der Waals surface area contributed by atoms with Crippen molar-refractivity contribution in [2.24, 2.45) is 23.7 Å². The van der Waals surface area contributed by atoms with Crippen LogP contribution in [0.25, 0.3) is 0 Å². The lowest BCUT2D eigenvalue weighted by molar-refractivity contribution is -0.313. The van der Waals surface area contributed by atoms with Gasteiger partial charge in [0.2, 0.25) is 5.91 Å². The number of amides is 1. The maximum absolute atomic E-state index is 12.4. The summed E-state index contributed by atoms with van der Waals surface area (Å²) >= 11 is 0. The molecule has 0 radical (unpaired) electrons. The predicted molar refractivity (Wildman–Crippen MR) is 72.1 cm³/mol. The van der Waals surface area contributed by atoms with E-state index in [0.717, 1.165) is 0 Å². The van der Waals surface area contributed by atoms with Crippen LogP contribution in [0.5, 0.6) is 0 Å². The number of benzene rings is 1. The van der Waals surface area contributed by atoms with Gasteiger partial charge in [-0.3, -0.25) is 4.79 Å². The van der Waals surface area contributed by atoms with Gasteiger partial charge in [-0.15, -0.1) is 0 Å². The molecular weight excluding hydrogens is 286 g/mol. The fourth-order valence-electron chi connectivity index (χ4n) is 3.42. The van der Waals surface area contributed by atoms with Crippen LogP contribution in [0, 0.1) is 23.7 Å². The van der Waals surface area contributed by atoms with E-state index in [-0.39, 0.29) is 23.3 Å². The molecular formula is C16H13NO5-2. The number of carbonyl (C=O) groups is 3. The molecule has 1 aromatic rings. The van der Waals surface area contributed by atoms with Crippen molar-refractivity contribution in [3.05, 3.63) is 42.0 Å². The summed E-state index contributed by atoms with van der Waals surface area (Å²) in [5.41, 5.74) is 0.423. The van der Waals surface area contributed by atoms with Gasteiger partial charge in [0, 0.05) is 17.6 Å². The molecule has 0 saturated heterocycles. The quantitative estimate of drug-likeness (QED) is 0.730. The topological polar surface area (TPSA) is 109 Å². The Morgan fingerprint density at radius 1 is 0.955 bits per heavy atom. The highest BCUT2D eigenvalue weighted by Crippen LogP contribution is 2.48. The number of hydrogen-bond acceptors (Lipinski definition) is 5. The van der Waals surface area contributed by atoms with Gasteiger partial charge in [0.05, 0.1) is 11.9 Å². The number of aliphatic carboxylic acids is 1. The lowest BCUT2D eigenvalue weighted by Gasteiger charge is -2.27. The Balaban J connectivity index is 1.75. The molecule has 22 heavy (non-hydrogen) atoms. The number of hydrogen-bond donors (Lipinski definition) is 1. The Bertz CT molecular complexity index is 664. The average Bonchev–Trinajstić information content (AvgIpc) is 3.08. The summed E-state index contributed by atoms with van der Waals surface area (Å²) in [6.07, 6.45) is 4.37. The van der Waals surface area contributed by atoms with Crippen LogP contribution in [0.15, 0.2) is 36.4 Å². The molecule has 6 nitrogen and oxygen atoms in total. The molecule has 1 N–H and O–H groups in total. The van der Waals surface area contributed by atoms with Crippen molar-refractivity contribution in [3.63, 3.8) is 0 Å². The predicted octanol–water partition coefficient (Wildman–Crippen LogP) is -0.823. The van der Waals surface area contributed by atoms with E-state index in [1.807, 2.05) is 12.2 Å². The normalized spacial score (nSPS) is 28.5. The van der Waals surface area contributed by atoms with Crippen LogP contribution in [0.2, 0.25) is 0 Å². The maximum Gasteiger partial charge on any atom is 0.228 e. The van der Waals surface area contributed by atoms with E-state index in [2.05, 4.69) is 5.32 Å². The fraction of sp³-hybridized carbons (Fsp3) is 0.312. The van der Waals surface area contributed by atoms with Crippen molar-refractivity contribution >= 4 is 23.5 Å². The first-order chi connectivity index (χ1) is 10.5. The molecule has 0 unspecified atom stereocenters. The molecule has 0 aliphatic heterocycles. The third-order valence-corrected chi connectivity index (χ3v) is 4.42. The van der Waals surface area contributed by atoms with Gasteiger partial charge in [0.15, 0.2) is 0 Å². The van der Waals surface area contributed by atoms with Crippen LogP contribution in [0.3, 0.4) is 0 Å². The molecule has 2 bridgehead atoms. The molecule has 3 rings (SSSR count). The second-order valence-corrected chi connectivity index (χ2v) is 5.67. The van der Waals surface area contributed by atoms with E-state index in [0.29, 0.717) is 12.1 Å². The highest BCUT2D eigenvalue weighted by Gasteiger charge is 2.48.